The predicted octanol–water partition coefficient (Wildman–Crippen LogP) is 4.69. The van der Waals surface area contributed by atoms with Crippen molar-refractivity contribution in [2.24, 2.45) is 5.92 Å². The number of hydrogen-bond donors (Lipinski definition) is 0. The lowest BCUT2D eigenvalue weighted by Gasteiger charge is -2.34. The number of rotatable bonds is 12. The zero-order chi connectivity index (χ0) is 19.6. The quantitative estimate of drug-likeness (QED) is 0.504. The van der Waals surface area contributed by atoms with Crippen LogP contribution in [0.25, 0.3) is 0 Å². The Labute approximate surface area is 158 Å². The van der Waals surface area contributed by atoms with Gasteiger partial charge < -0.3 is 18.9 Å². The molecule has 0 heterocycles. The molecule has 0 radical (unpaired) electrons. The largest absolute Gasteiger partial charge is 0.493 e. The monoisotopic (exact) mass is 363 g/mol. The Hall–Kier alpha value is -1.77. The summed E-state index contributed by atoms with van der Waals surface area (Å²) >= 11 is 0. The summed E-state index contributed by atoms with van der Waals surface area (Å²) in [5.41, 5.74) is 0.305. The molecule has 0 aliphatic heterocycles. The second-order valence-electron chi connectivity index (χ2n) is 6.34. The van der Waals surface area contributed by atoms with Gasteiger partial charge in [0, 0.05) is 19.6 Å². The van der Waals surface area contributed by atoms with Crippen LogP contribution in [0.3, 0.4) is 0 Å². The van der Waals surface area contributed by atoms with Gasteiger partial charge in [0.2, 0.25) is 0 Å². The van der Waals surface area contributed by atoms with E-state index in [1.165, 1.54) is 0 Å². The maximum atomic E-state index is 10.2. The molecule has 1 rings (SSSR count). The van der Waals surface area contributed by atoms with Crippen LogP contribution in [0.4, 0.5) is 0 Å². The molecule has 0 saturated heterocycles. The van der Waals surface area contributed by atoms with Crippen LogP contribution in [-0.4, -0.2) is 33.7 Å². The Morgan fingerprint density at radius 3 is 2.12 bits per heavy atom. The first-order chi connectivity index (χ1) is 12.5. The predicted molar refractivity (Wildman–Crippen MR) is 103 cm³/mol. The van der Waals surface area contributed by atoms with Crippen molar-refractivity contribution in [1.29, 1.82) is 5.26 Å². The smallest absolute Gasteiger partial charge is 0.161 e. The van der Waals surface area contributed by atoms with Gasteiger partial charge in [-0.1, -0.05) is 26.3 Å². The second-order valence-corrected chi connectivity index (χ2v) is 6.34. The minimum atomic E-state index is -0.638. The van der Waals surface area contributed by atoms with Crippen molar-refractivity contribution >= 4 is 0 Å². The van der Waals surface area contributed by atoms with Crippen molar-refractivity contribution in [3.63, 3.8) is 0 Å². The lowest BCUT2D eigenvalue weighted by molar-refractivity contribution is -0.142. The molecule has 0 bridgehead atoms. The summed E-state index contributed by atoms with van der Waals surface area (Å²) in [6, 6.07) is 8.36. The Morgan fingerprint density at radius 1 is 1.04 bits per heavy atom. The highest BCUT2D eigenvalue weighted by Crippen LogP contribution is 2.42. The molecule has 146 valence electrons. The number of ether oxygens (including phenoxy) is 4. The van der Waals surface area contributed by atoms with Crippen molar-refractivity contribution in [3.8, 4) is 17.6 Å². The molecular weight excluding hydrogens is 330 g/mol. The Balaban J connectivity index is 3.24. The van der Waals surface area contributed by atoms with E-state index in [1.807, 2.05) is 32.0 Å². The summed E-state index contributed by atoms with van der Waals surface area (Å²) in [6.45, 7) is 9.31. The van der Waals surface area contributed by atoms with Gasteiger partial charge >= 0.3 is 0 Å². The zero-order valence-corrected chi connectivity index (χ0v) is 17.0. The molecule has 0 aliphatic rings. The standard InChI is InChI=1S/C21H33NO4/c1-7-16(4)21(15-22,13-12-20(25-8-2)26-9-3)17-10-11-18(23-5)19(14-17)24-6/h10-11,14,16,20H,7-9,12-13H2,1-6H3. The molecule has 0 aliphatic carbocycles. The van der Waals surface area contributed by atoms with Crippen molar-refractivity contribution in [2.75, 3.05) is 27.4 Å². The Morgan fingerprint density at radius 2 is 1.65 bits per heavy atom. The number of methoxy groups -OCH3 is 2. The summed E-state index contributed by atoms with van der Waals surface area (Å²) in [7, 11) is 3.22. The highest BCUT2D eigenvalue weighted by Gasteiger charge is 2.38. The maximum Gasteiger partial charge on any atom is 0.161 e. The first-order valence-corrected chi connectivity index (χ1v) is 9.39. The van der Waals surface area contributed by atoms with Crippen molar-refractivity contribution in [3.05, 3.63) is 23.8 Å². The van der Waals surface area contributed by atoms with Gasteiger partial charge in [0.25, 0.3) is 0 Å². The third kappa shape index (κ3) is 5.12. The minimum absolute atomic E-state index is 0.175. The number of nitriles is 1. The summed E-state index contributed by atoms with van der Waals surface area (Å²) in [6.07, 6.45) is 1.92. The highest BCUT2D eigenvalue weighted by atomic mass is 16.7. The molecule has 1 aromatic rings. The van der Waals surface area contributed by atoms with Gasteiger partial charge in [-0.05, 0) is 43.9 Å². The van der Waals surface area contributed by atoms with E-state index < -0.39 is 5.41 Å². The van der Waals surface area contributed by atoms with E-state index in [2.05, 4.69) is 19.9 Å². The molecule has 0 amide bonds. The summed E-state index contributed by atoms with van der Waals surface area (Å²) in [5.74, 6) is 1.47. The van der Waals surface area contributed by atoms with E-state index in [0.717, 1.165) is 12.0 Å². The fraction of sp³-hybridized carbons (Fsp3) is 0.667. The van der Waals surface area contributed by atoms with Gasteiger partial charge in [0.15, 0.2) is 17.8 Å². The summed E-state index contributed by atoms with van der Waals surface area (Å²) in [5, 5.41) is 10.2. The average molecular weight is 363 g/mol. The van der Waals surface area contributed by atoms with E-state index in [0.29, 0.717) is 37.6 Å². The second kappa shape index (κ2) is 11.1. The van der Waals surface area contributed by atoms with Crippen LogP contribution in [0.5, 0.6) is 11.5 Å². The fourth-order valence-electron chi connectivity index (χ4n) is 3.30. The van der Waals surface area contributed by atoms with E-state index >= 15 is 0 Å². The third-order valence-electron chi connectivity index (χ3n) is 5.03. The molecule has 0 aromatic heterocycles. The molecule has 5 nitrogen and oxygen atoms in total. The number of hydrogen-bond acceptors (Lipinski definition) is 5. The third-order valence-corrected chi connectivity index (χ3v) is 5.03. The van der Waals surface area contributed by atoms with E-state index in [1.54, 1.807) is 14.2 Å². The lowest BCUT2D eigenvalue weighted by atomic mass is 9.68. The van der Waals surface area contributed by atoms with Gasteiger partial charge in [-0.2, -0.15) is 5.26 Å². The van der Waals surface area contributed by atoms with E-state index in [-0.39, 0.29) is 12.2 Å². The molecular formula is C21H33NO4. The molecule has 0 saturated carbocycles. The van der Waals surface area contributed by atoms with E-state index in [4.69, 9.17) is 18.9 Å². The van der Waals surface area contributed by atoms with Crippen LogP contribution in [-0.2, 0) is 14.9 Å². The van der Waals surface area contributed by atoms with Crippen LogP contribution in [0.2, 0.25) is 0 Å². The van der Waals surface area contributed by atoms with E-state index in [9.17, 15) is 5.26 Å². The zero-order valence-electron chi connectivity index (χ0n) is 17.0. The van der Waals surface area contributed by atoms with Gasteiger partial charge in [-0.3, -0.25) is 0 Å². The maximum absolute atomic E-state index is 10.2. The minimum Gasteiger partial charge on any atom is -0.493 e. The Bertz CT molecular complexity index is 578. The van der Waals surface area contributed by atoms with Crippen LogP contribution < -0.4 is 9.47 Å². The average Bonchev–Trinajstić information content (AvgIpc) is 2.68. The topological polar surface area (TPSA) is 60.7 Å². The molecule has 0 spiro atoms. The summed E-state index contributed by atoms with van der Waals surface area (Å²) < 4.78 is 22.1. The molecule has 1 aromatic carbocycles. The Kier molecular flexibility index (Phi) is 9.47. The van der Waals surface area contributed by atoms with Crippen LogP contribution in [0.1, 0.15) is 52.5 Å². The van der Waals surface area contributed by atoms with Crippen molar-refractivity contribution in [1.82, 2.24) is 0 Å². The van der Waals surface area contributed by atoms with Gasteiger partial charge in [-0.15, -0.1) is 0 Å². The molecule has 5 heteroatoms. The molecule has 0 N–H and O–H groups in total. The molecule has 2 unspecified atom stereocenters. The normalized spacial score (nSPS) is 14.5. The molecule has 26 heavy (non-hydrogen) atoms. The first kappa shape index (κ1) is 22.3. The van der Waals surface area contributed by atoms with Gasteiger partial charge in [-0.25, -0.2) is 0 Å². The molecule has 2 atom stereocenters. The van der Waals surface area contributed by atoms with Gasteiger partial charge in [0.05, 0.1) is 25.7 Å². The first-order valence-electron chi connectivity index (χ1n) is 9.39. The lowest BCUT2D eigenvalue weighted by Crippen LogP contribution is -2.34. The van der Waals surface area contributed by atoms with Crippen molar-refractivity contribution < 1.29 is 18.9 Å². The van der Waals surface area contributed by atoms with Crippen LogP contribution in [0, 0.1) is 17.2 Å². The van der Waals surface area contributed by atoms with Gasteiger partial charge in [0.1, 0.15) is 0 Å². The van der Waals surface area contributed by atoms with Crippen LogP contribution in [0.15, 0.2) is 18.2 Å². The SMILES string of the molecule is CCOC(CCC(C#N)(c1ccc(OC)c(OC)c1)C(C)CC)OCC. The molecule has 0 fully saturated rings. The highest BCUT2D eigenvalue weighted by molar-refractivity contribution is 5.47. The van der Waals surface area contributed by atoms with Crippen molar-refractivity contribution in [2.45, 2.75) is 58.7 Å². The van der Waals surface area contributed by atoms with Crippen LogP contribution >= 0.6 is 0 Å². The number of benzene rings is 1. The fourth-order valence-corrected chi connectivity index (χ4v) is 3.30. The number of nitrogens with zero attached hydrogens (tertiary/aromatic N) is 1. The summed E-state index contributed by atoms with van der Waals surface area (Å²) in [4.78, 5) is 0.